The van der Waals surface area contributed by atoms with Crippen molar-refractivity contribution in [3.05, 3.63) is 120 Å². The number of carbonyl (C=O) groups excluding carboxylic acids is 2. The fraction of sp³-hybridized carbons (Fsp3) is 0.243. The molecular formula is C37H32Br2ClN5O4S. The number of hydrogen-bond acceptors (Lipinski definition) is 7. The Balaban J connectivity index is 1.20. The van der Waals surface area contributed by atoms with E-state index >= 15 is 0 Å². The van der Waals surface area contributed by atoms with Crippen molar-refractivity contribution in [2.24, 2.45) is 0 Å². The van der Waals surface area contributed by atoms with Gasteiger partial charge in [0.1, 0.15) is 22.2 Å². The van der Waals surface area contributed by atoms with Crippen LogP contribution in [0.25, 0.3) is 28.0 Å². The van der Waals surface area contributed by atoms with E-state index in [0.717, 1.165) is 36.0 Å². The lowest BCUT2D eigenvalue weighted by Gasteiger charge is -2.28. The van der Waals surface area contributed by atoms with Gasteiger partial charge in [-0.1, -0.05) is 46.1 Å². The van der Waals surface area contributed by atoms with Crippen molar-refractivity contribution < 1.29 is 14.3 Å². The summed E-state index contributed by atoms with van der Waals surface area (Å²) in [5, 5.41) is 1.71. The van der Waals surface area contributed by atoms with E-state index in [1.54, 1.807) is 61.3 Å². The SMILES string of the molecule is COc1ccc(C2SC(CN3CCCCC3)C(=O)N2NC(=O)c2ccc(-n3c(-c4ccc(Cl)cc4)nc4c(Br)cc(Br)cc4c3=O)cc2)cc1. The molecule has 2 amide bonds. The monoisotopic (exact) mass is 835 g/mol. The maximum atomic E-state index is 14.1. The Morgan fingerprint density at radius 3 is 2.34 bits per heavy atom. The van der Waals surface area contributed by atoms with Crippen LogP contribution in [0.5, 0.6) is 5.75 Å². The summed E-state index contributed by atoms with van der Waals surface area (Å²) in [6, 6.07) is 25.0. The lowest BCUT2D eigenvalue weighted by Crippen LogP contribution is -2.47. The Kier molecular flexibility index (Phi) is 10.4. The van der Waals surface area contributed by atoms with Crippen LogP contribution in [0, 0.1) is 0 Å². The highest BCUT2D eigenvalue weighted by Gasteiger charge is 2.43. The van der Waals surface area contributed by atoms with Gasteiger partial charge in [-0.25, -0.2) is 9.99 Å². The molecule has 1 aromatic heterocycles. The van der Waals surface area contributed by atoms with Crippen LogP contribution in [0.2, 0.25) is 5.02 Å². The highest BCUT2D eigenvalue weighted by atomic mass is 79.9. The van der Waals surface area contributed by atoms with E-state index in [4.69, 9.17) is 21.3 Å². The second-order valence-corrected chi connectivity index (χ2v) is 15.7. The molecule has 0 aliphatic carbocycles. The predicted molar refractivity (Wildman–Crippen MR) is 205 cm³/mol. The van der Waals surface area contributed by atoms with Gasteiger partial charge in [0.2, 0.25) is 0 Å². The van der Waals surface area contributed by atoms with Crippen molar-refractivity contribution >= 4 is 77.9 Å². The maximum absolute atomic E-state index is 14.1. The summed E-state index contributed by atoms with van der Waals surface area (Å²) in [5.74, 6) is 0.562. The number of benzene rings is 4. The molecule has 2 fully saturated rings. The number of aromatic nitrogens is 2. The molecule has 0 bridgehead atoms. The third-order valence-electron chi connectivity index (χ3n) is 8.92. The number of amides is 2. The number of likely N-dealkylation sites (tertiary alicyclic amines) is 1. The molecule has 7 rings (SSSR count). The Bertz CT molecular complexity index is 2120. The number of ether oxygens (including phenoxy) is 1. The van der Waals surface area contributed by atoms with Gasteiger partial charge in [-0.15, -0.1) is 11.8 Å². The molecule has 3 heterocycles. The van der Waals surface area contributed by atoms with E-state index in [2.05, 4.69) is 42.2 Å². The number of hydrazine groups is 1. The summed E-state index contributed by atoms with van der Waals surface area (Å²) in [6.07, 6.45) is 3.46. The number of nitrogens with one attached hydrogen (secondary N) is 1. The molecule has 0 saturated carbocycles. The number of thioether (sulfide) groups is 1. The normalized spacial score (nSPS) is 18.1. The number of halogens is 3. The van der Waals surface area contributed by atoms with Crippen LogP contribution < -0.4 is 15.7 Å². The first kappa shape index (κ1) is 34.8. The Labute approximate surface area is 315 Å². The van der Waals surface area contributed by atoms with Gasteiger partial charge in [-0.05, 0) is 120 Å². The molecule has 2 saturated heterocycles. The molecule has 9 nitrogen and oxygen atoms in total. The zero-order valence-corrected chi connectivity index (χ0v) is 31.7. The van der Waals surface area contributed by atoms with Crippen LogP contribution in [0.15, 0.2) is 98.7 Å². The van der Waals surface area contributed by atoms with Crippen molar-refractivity contribution in [3.8, 4) is 22.8 Å². The van der Waals surface area contributed by atoms with E-state index < -0.39 is 11.3 Å². The molecule has 4 aromatic carbocycles. The van der Waals surface area contributed by atoms with Crippen molar-refractivity contribution in [1.82, 2.24) is 24.9 Å². The molecular weight excluding hydrogens is 806 g/mol. The van der Waals surface area contributed by atoms with Gasteiger partial charge < -0.3 is 9.64 Å². The van der Waals surface area contributed by atoms with Crippen molar-refractivity contribution in [3.63, 3.8) is 0 Å². The van der Waals surface area contributed by atoms with Crippen LogP contribution in [-0.2, 0) is 4.79 Å². The number of carbonyl (C=O) groups is 2. The summed E-state index contributed by atoms with van der Waals surface area (Å²) in [7, 11) is 1.61. The Morgan fingerprint density at radius 2 is 1.66 bits per heavy atom. The van der Waals surface area contributed by atoms with Crippen LogP contribution in [0.3, 0.4) is 0 Å². The number of rotatable bonds is 8. The molecule has 2 unspecified atom stereocenters. The van der Waals surface area contributed by atoms with Crippen LogP contribution in [-0.4, -0.2) is 63.3 Å². The summed E-state index contributed by atoms with van der Waals surface area (Å²) < 4.78 is 8.27. The summed E-state index contributed by atoms with van der Waals surface area (Å²) >= 11 is 14.8. The smallest absolute Gasteiger partial charge is 0.269 e. The van der Waals surface area contributed by atoms with Gasteiger partial charge in [0.05, 0.1) is 23.7 Å². The molecule has 256 valence electrons. The van der Waals surface area contributed by atoms with Crippen molar-refractivity contribution in [1.29, 1.82) is 0 Å². The fourth-order valence-corrected chi connectivity index (χ4v) is 9.21. The third-order valence-corrected chi connectivity index (χ3v) is 11.7. The van der Waals surface area contributed by atoms with E-state index in [1.807, 2.05) is 42.5 Å². The molecule has 2 aliphatic rings. The third kappa shape index (κ3) is 7.09. The minimum atomic E-state index is -0.433. The first-order valence-corrected chi connectivity index (χ1v) is 19.0. The highest BCUT2D eigenvalue weighted by Crippen LogP contribution is 2.43. The Hall–Kier alpha value is -3.68. The first-order chi connectivity index (χ1) is 24.2. The molecule has 2 aliphatic heterocycles. The molecule has 1 N–H and O–H groups in total. The second-order valence-electron chi connectivity index (χ2n) is 12.2. The Morgan fingerprint density at radius 1 is 0.960 bits per heavy atom. The van der Waals surface area contributed by atoms with E-state index in [0.29, 0.717) is 55.3 Å². The van der Waals surface area contributed by atoms with Gasteiger partial charge in [-0.2, -0.15) is 0 Å². The molecule has 13 heteroatoms. The number of methoxy groups -OCH3 is 1. The van der Waals surface area contributed by atoms with E-state index in [1.165, 1.54) is 16.0 Å². The molecule has 2 atom stereocenters. The molecule has 0 radical (unpaired) electrons. The minimum Gasteiger partial charge on any atom is -0.497 e. The number of nitrogens with zero attached hydrogens (tertiary/aromatic N) is 4. The molecule has 5 aromatic rings. The van der Waals surface area contributed by atoms with Crippen molar-refractivity contribution in [2.45, 2.75) is 29.9 Å². The topological polar surface area (TPSA) is 96.8 Å². The lowest BCUT2D eigenvalue weighted by atomic mass is 10.1. The van der Waals surface area contributed by atoms with Gasteiger partial charge in [0.15, 0.2) is 0 Å². The number of hydrogen-bond donors (Lipinski definition) is 1. The fourth-order valence-electron chi connectivity index (χ4n) is 6.34. The quantitative estimate of drug-likeness (QED) is 0.169. The summed E-state index contributed by atoms with van der Waals surface area (Å²) in [4.78, 5) is 48.9. The number of piperidine rings is 1. The lowest BCUT2D eigenvalue weighted by molar-refractivity contribution is -0.132. The second kappa shape index (κ2) is 14.9. The molecule has 0 spiro atoms. The average Bonchev–Trinajstić information content (AvgIpc) is 3.43. The average molecular weight is 838 g/mol. The predicted octanol–water partition coefficient (Wildman–Crippen LogP) is 8.01. The van der Waals surface area contributed by atoms with Gasteiger partial charge >= 0.3 is 0 Å². The maximum Gasteiger partial charge on any atom is 0.269 e. The van der Waals surface area contributed by atoms with Gasteiger partial charge in [0.25, 0.3) is 17.4 Å². The van der Waals surface area contributed by atoms with Gasteiger partial charge in [-0.3, -0.25) is 24.4 Å². The summed E-state index contributed by atoms with van der Waals surface area (Å²) in [6.45, 7) is 2.58. The standard InChI is InChI=1S/C37H32Br2ClN5O4S/c1-49-28-15-9-24(10-16-28)37-45(36(48)31(50-37)21-43-17-3-2-4-18-43)42-34(46)23-7-13-27(14-8-23)44-33(22-5-11-26(40)12-6-22)41-32-29(35(44)47)19-25(38)20-30(32)39/h5-16,19-20,31,37H,2-4,17-18,21H2,1H3,(H,42,46). The minimum absolute atomic E-state index is 0.134. The van der Waals surface area contributed by atoms with Crippen LogP contribution in [0.4, 0.5) is 0 Å². The first-order valence-electron chi connectivity index (χ1n) is 16.1. The zero-order valence-electron chi connectivity index (χ0n) is 26.9. The highest BCUT2D eigenvalue weighted by molar-refractivity contribution is 9.11. The van der Waals surface area contributed by atoms with Crippen molar-refractivity contribution in [2.75, 3.05) is 26.7 Å². The van der Waals surface area contributed by atoms with E-state index in [9.17, 15) is 14.4 Å². The zero-order chi connectivity index (χ0) is 34.9. The van der Waals surface area contributed by atoms with Crippen LogP contribution >= 0.6 is 55.2 Å². The largest absolute Gasteiger partial charge is 0.497 e. The molecule has 50 heavy (non-hydrogen) atoms. The van der Waals surface area contributed by atoms with E-state index in [-0.39, 0.29) is 16.7 Å². The summed E-state index contributed by atoms with van der Waals surface area (Å²) in [5.41, 5.74) is 5.59. The van der Waals surface area contributed by atoms with Crippen LogP contribution in [0.1, 0.15) is 40.6 Å². The van der Waals surface area contributed by atoms with Gasteiger partial charge in [0, 0.05) is 31.6 Å². The number of fused-ring (bicyclic) bond motifs is 1.